The van der Waals surface area contributed by atoms with Crippen LogP contribution in [0.25, 0.3) is 0 Å². The summed E-state index contributed by atoms with van der Waals surface area (Å²) < 4.78 is 9.01. The van der Waals surface area contributed by atoms with E-state index in [0.29, 0.717) is 11.1 Å². The maximum atomic E-state index is 11.1. The molecule has 14 heteroatoms. The average molecular weight is 679 g/mol. The number of aliphatic hydroxyl groups is 4. The molecule has 0 radical (unpaired) electrons. The number of hydrogen-bond donors (Lipinski definition) is 6. The molecule has 4 atom stereocenters. The summed E-state index contributed by atoms with van der Waals surface area (Å²) in [5.74, 6) is -4.25. The molecule has 266 valence electrons. The number of carboxylic acid groups (broad SMARTS) is 2. The number of carbonyl (C=O) groups is 6. The number of carboxylic acids is 2. The zero-order valence-corrected chi connectivity index (χ0v) is 27.5. The van der Waals surface area contributed by atoms with Crippen molar-refractivity contribution in [3.63, 3.8) is 0 Å². The molecule has 1 aromatic rings. The fraction of sp³-hybridized carbons (Fsp3) is 0.412. The first-order valence-electron chi connectivity index (χ1n) is 14.6. The van der Waals surface area contributed by atoms with Gasteiger partial charge in [0.2, 0.25) is 0 Å². The Morgan fingerprint density at radius 1 is 0.646 bits per heavy atom. The minimum atomic E-state index is -1.23. The van der Waals surface area contributed by atoms with Crippen molar-refractivity contribution in [2.75, 3.05) is 14.2 Å². The van der Waals surface area contributed by atoms with E-state index in [0.717, 1.165) is 12.2 Å². The summed E-state index contributed by atoms with van der Waals surface area (Å²) in [4.78, 5) is 65.0. The van der Waals surface area contributed by atoms with E-state index in [9.17, 15) is 49.2 Å². The van der Waals surface area contributed by atoms with E-state index >= 15 is 0 Å². The van der Waals surface area contributed by atoms with E-state index in [2.05, 4.69) is 22.6 Å². The van der Waals surface area contributed by atoms with E-state index in [-0.39, 0.29) is 49.7 Å². The molecule has 48 heavy (non-hydrogen) atoms. The summed E-state index contributed by atoms with van der Waals surface area (Å²) in [7, 11) is 2.57. The van der Waals surface area contributed by atoms with Crippen molar-refractivity contribution in [1.82, 2.24) is 0 Å². The molecule has 0 spiro atoms. The Balaban J connectivity index is 0. The molecule has 1 aromatic carbocycles. The lowest BCUT2D eigenvalue weighted by Gasteiger charge is -2.11. The highest BCUT2D eigenvalue weighted by Gasteiger charge is 2.16. The van der Waals surface area contributed by atoms with Gasteiger partial charge in [0.15, 0.2) is 11.6 Å². The molecule has 0 bridgehead atoms. The second kappa shape index (κ2) is 25.3. The summed E-state index contributed by atoms with van der Waals surface area (Å²) in [6.07, 6.45) is 2.99. The van der Waals surface area contributed by atoms with Crippen LogP contribution in [0.2, 0.25) is 0 Å². The van der Waals surface area contributed by atoms with Crippen LogP contribution in [0.1, 0.15) is 73.1 Å². The number of benzene rings is 1. The first-order chi connectivity index (χ1) is 22.5. The highest BCUT2D eigenvalue weighted by molar-refractivity contribution is 6.01. The van der Waals surface area contributed by atoms with Crippen LogP contribution in [0.5, 0.6) is 0 Å². The van der Waals surface area contributed by atoms with Crippen molar-refractivity contribution in [3.05, 3.63) is 84.0 Å². The Labute approximate surface area is 279 Å². The average Bonchev–Trinajstić information content (AvgIpc) is 3.09. The van der Waals surface area contributed by atoms with Crippen molar-refractivity contribution in [1.29, 1.82) is 0 Å². The molecule has 6 N–H and O–H groups in total. The van der Waals surface area contributed by atoms with E-state index in [1.165, 1.54) is 38.5 Å². The fourth-order valence-corrected chi connectivity index (χ4v) is 3.46. The molecule has 0 aliphatic heterocycles. The molecule has 14 nitrogen and oxygen atoms in total. The van der Waals surface area contributed by atoms with Crippen molar-refractivity contribution >= 4 is 35.4 Å². The van der Waals surface area contributed by atoms with Crippen molar-refractivity contribution < 1.29 is 68.9 Å². The predicted octanol–water partition coefficient (Wildman–Crippen LogP) is 2.59. The van der Waals surface area contributed by atoms with Crippen molar-refractivity contribution in [2.24, 2.45) is 0 Å². The number of ether oxygens (including phenoxy) is 2. The smallest absolute Gasteiger partial charge is 0.336 e. The molecule has 0 aliphatic carbocycles. The van der Waals surface area contributed by atoms with Gasteiger partial charge in [-0.15, -0.1) is 0 Å². The molecule has 4 unspecified atom stereocenters. The predicted molar refractivity (Wildman–Crippen MR) is 174 cm³/mol. The van der Waals surface area contributed by atoms with Crippen molar-refractivity contribution in [2.45, 2.75) is 76.8 Å². The Morgan fingerprint density at radius 3 is 1.21 bits per heavy atom. The second-order valence-electron chi connectivity index (χ2n) is 10.1. The molecular formula is C34H46O14. The molecular weight excluding hydrogens is 632 g/mol. The molecule has 0 aliphatic rings. The summed E-state index contributed by atoms with van der Waals surface area (Å²) in [6, 6.07) is 5.48. The van der Waals surface area contributed by atoms with E-state index in [4.69, 9.17) is 10.2 Å². The number of esters is 2. The molecule has 0 aromatic heterocycles. The van der Waals surface area contributed by atoms with Gasteiger partial charge in [-0.2, -0.15) is 0 Å². The molecule has 0 heterocycles. The van der Waals surface area contributed by atoms with Crippen LogP contribution >= 0.6 is 0 Å². The van der Waals surface area contributed by atoms with Gasteiger partial charge in [0.25, 0.3) is 0 Å². The maximum Gasteiger partial charge on any atom is 0.336 e. The minimum Gasteiger partial charge on any atom is -0.478 e. The van der Waals surface area contributed by atoms with Crippen LogP contribution < -0.4 is 0 Å². The number of hydrogen-bond acceptors (Lipinski definition) is 12. The summed E-state index contributed by atoms with van der Waals surface area (Å²) in [6.45, 7) is 9.71. The van der Waals surface area contributed by atoms with Gasteiger partial charge in [0, 0.05) is 11.1 Å². The Kier molecular flexibility index (Phi) is 24.0. The maximum absolute atomic E-state index is 11.1. The monoisotopic (exact) mass is 678 g/mol. The van der Waals surface area contributed by atoms with E-state index in [1.807, 2.05) is 0 Å². The molecule has 0 amide bonds. The second-order valence-corrected chi connectivity index (χ2v) is 10.1. The van der Waals surface area contributed by atoms with E-state index in [1.54, 1.807) is 26.0 Å². The summed E-state index contributed by atoms with van der Waals surface area (Å²) in [5, 5.41) is 55.0. The van der Waals surface area contributed by atoms with Crippen LogP contribution in [0.15, 0.2) is 72.9 Å². The number of aromatic carboxylic acids is 2. The lowest BCUT2D eigenvalue weighted by atomic mass is 10.0. The third kappa shape index (κ3) is 19.7. The zero-order chi connectivity index (χ0) is 37.4. The number of ketones is 2. The van der Waals surface area contributed by atoms with Crippen LogP contribution in [0.3, 0.4) is 0 Å². The molecule has 0 fully saturated rings. The molecule has 0 saturated carbocycles. The number of methoxy groups -OCH3 is 2. The first-order valence-corrected chi connectivity index (χ1v) is 14.6. The highest BCUT2D eigenvalue weighted by Crippen LogP contribution is 2.11. The Morgan fingerprint density at radius 2 is 0.958 bits per heavy atom. The minimum absolute atomic E-state index is 0.164. The number of aliphatic hydroxyl groups excluding tert-OH is 4. The van der Waals surface area contributed by atoms with Gasteiger partial charge in [0.1, 0.15) is 12.2 Å². The highest BCUT2D eigenvalue weighted by atomic mass is 16.5. The third-order valence-electron chi connectivity index (χ3n) is 6.40. The van der Waals surface area contributed by atoms with Gasteiger partial charge in [-0.1, -0.05) is 37.4 Å². The van der Waals surface area contributed by atoms with Gasteiger partial charge < -0.3 is 40.1 Å². The lowest BCUT2D eigenvalue weighted by molar-refractivity contribution is -0.136. The zero-order valence-electron chi connectivity index (χ0n) is 27.5. The first kappa shape index (κ1) is 45.4. The van der Waals surface area contributed by atoms with Crippen molar-refractivity contribution in [3.8, 4) is 0 Å². The van der Waals surface area contributed by atoms with Crippen LogP contribution in [-0.4, -0.2) is 105 Å². The normalized spacial score (nSPS) is 13.4. The lowest BCUT2D eigenvalue weighted by Crippen LogP contribution is -2.20. The van der Waals surface area contributed by atoms with Crippen LogP contribution in [0, 0.1) is 0 Å². The standard InChI is InChI=1S/2C13H20O5.C8H6O4/c2*1-4-11(15)12(16)8-7-10(14)6-5-9(2)13(17)18-3;9-7(10)5-3-1-2-4-6(5)8(11)12/h2*4-5,10,12,14,16H,1,6-8H2,2-3H3;1-4H,(H,9,10)(H,11,12). The third-order valence-corrected chi connectivity index (χ3v) is 6.40. The Hall–Kier alpha value is -4.76. The number of rotatable bonds is 18. The van der Waals surface area contributed by atoms with Crippen LogP contribution in [-0.2, 0) is 28.7 Å². The van der Waals surface area contributed by atoms with Gasteiger partial charge in [-0.3, -0.25) is 9.59 Å². The van der Waals surface area contributed by atoms with Gasteiger partial charge >= 0.3 is 23.9 Å². The largest absolute Gasteiger partial charge is 0.478 e. The Bertz CT molecular complexity index is 1210. The summed E-state index contributed by atoms with van der Waals surface area (Å²) in [5.41, 5.74) is 0.452. The topological polar surface area (TPSA) is 242 Å². The quantitative estimate of drug-likeness (QED) is 0.0966. The van der Waals surface area contributed by atoms with Crippen LogP contribution in [0.4, 0.5) is 0 Å². The summed E-state index contributed by atoms with van der Waals surface area (Å²) >= 11 is 0. The SMILES string of the molecule is C=CC(=O)C(O)CCC(O)CC=C(C)C(=O)OC.C=CC(=O)C(O)CCC(O)CC=C(C)C(=O)OC.O=C(O)c1ccccc1C(=O)O. The van der Waals surface area contributed by atoms with Gasteiger partial charge in [-0.05, 0) is 76.7 Å². The van der Waals surface area contributed by atoms with Gasteiger partial charge in [0.05, 0.1) is 37.6 Å². The van der Waals surface area contributed by atoms with E-state index < -0.39 is 59.9 Å². The number of carbonyl (C=O) groups excluding carboxylic acids is 4. The molecule has 1 rings (SSSR count). The molecule has 0 saturated heterocycles. The fourth-order valence-electron chi connectivity index (χ4n) is 3.46. The van der Waals surface area contributed by atoms with Gasteiger partial charge in [-0.25, -0.2) is 19.2 Å².